The maximum atomic E-state index is 15.9. The summed E-state index contributed by atoms with van der Waals surface area (Å²) >= 11 is 0. The summed E-state index contributed by atoms with van der Waals surface area (Å²) in [5, 5.41) is 22.5. The van der Waals surface area contributed by atoms with E-state index in [4.69, 9.17) is 18.9 Å². The Balaban J connectivity index is 1.04. The van der Waals surface area contributed by atoms with Crippen molar-refractivity contribution in [2.45, 2.75) is 99.5 Å². The molecule has 1 amide bonds. The number of H-pyrrole nitrogens is 1. The normalized spacial score (nSPS) is 31.6. The molecule has 6 aliphatic rings. The van der Waals surface area contributed by atoms with E-state index in [1.165, 1.54) is 21.1 Å². The van der Waals surface area contributed by atoms with E-state index in [2.05, 4.69) is 75.6 Å². The number of benzene rings is 5. The molecule has 14 nitrogen and oxygen atoms in total. The van der Waals surface area contributed by atoms with Gasteiger partial charge in [-0.1, -0.05) is 74.5 Å². The fourth-order valence-electron chi connectivity index (χ4n) is 16.1. The summed E-state index contributed by atoms with van der Waals surface area (Å²) in [6.07, 6.45) is 5.96. The maximum absolute atomic E-state index is 15.9. The summed E-state index contributed by atoms with van der Waals surface area (Å²) in [7, 11) is 6.19. The third-order valence-electron chi connectivity index (χ3n) is 19.0. The van der Waals surface area contributed by atoms with E-state index in [0.29, 0.717) is 88.1 Å². The van der Waals surface area contributed by atoms with Crippen LogP contribution in [0.25, 0.3) is 32.4 Å². The number of rotatable bonds is 9. The summed E-state index contributed by atoms with van der Waals surface area (Å²) in [4.78, 5) is 69.1. The van der Waals surface area contributed by atoms with E-state index >= 15 is 4.79 Å². The smallest absolute Gasteiger partial charge is 0.344 e. The van der Waals surface area contributed by atoms with Gasteiger partial charge in [0.2, 0.25) is 5.60 Å². The molecule has 1 saturated carbocycles. The molecule has 10 atom stereocenters. The zero-order valence-corrected chi connectivity index (χ0v) is 44.0. The van der Waals surface area contributed by atoms with Crippen LogP contribution in [-0.4, -0.2) is 134 Å². The van der Waals surface area contributed by atoms with Crippen LogP contribution in [0.5, 0.6) is 5.75 Å². The molecule has 390 valence electrons. The third kappa shape index (κ3) is 6.87. The summed E-state index contributed by atoms with van der Waals surface area (Å²) in [5.74, 6) is -1.80. The van der Waals surface area contributed by atoms with Crippen LogP contribution in [0.4, 0.5) is 5.69 Å². The molecular formula is C61H67N5O9. The lowest BCUT2D eigenvalue weighted by molar-refractivity contribution is -0.228. The molecule has 1 spiro atoms. The lowest BCUT2D eigenvalue weighted by atomic mass is 9.47. The summed E-state index contributed by atoms with van der Waals surface area (Å²) in [5.41, 5.74) is -1.04. The minimum Gasteiger partial charge on any atom is -0.496 e. The van der Waals surface area contributed by atoms with Crippen LogP contribution in [0.3, 0.4) is 0 Å². The lowest BCUT2D eigenvalue weighted by Gasteiger charge is -2.63. The van der Waals surface area contributed by atoms with Gasteiger partial charge in [0.25, 0.3) is 5.91 Å². The minimum absolute atomic E-state index is 0.141. The maximum Gasteiger partial charge on any atom is 0.344 e. The molecular weight excluding hydrogens is 947 g/mol. The van der Waals surface area contributed by atoms with E-state index in [1.807, 2.05) is 73.5 Å². The monoisotopic (exact) mass is 1010 g/mol. The number of anilines is 1. The van der Waals surface area contributed by atoms with Crippen molar-refractivity contribution >= 4 is 62.0 Å². The molecule has 1 aromatic heterocycles. The first-order valence-electron chi connectivity index (χ1n) is 26.7. The van der Waals surface area contributed by atoms with Gasteiger partial charge in [0.15, 0.2) is 6.10 Å². The molecule has 12 rings (SSSR count). The molecule has 14 heteroatoms. The number of carbonyl (C=O) groups excluding carboxylic acids is 4. The molecule has 3 fully saturated rings. The molecule has 5 aliphatic heterocycles. The van der Waals surface area contributed by atoms with Gasteiger partial charge in [-0.05, 0) is 120 Å². The molecule has 1 aliphatic carbocycles. The molecule has 6 aromatic rings. The van der Waals surface area contributed by atoms with E-state index in [1.54, 1.807) is 7.11 Å². The number of nitrogens with one attached hydrogen (secondary N) is 2. The van der Waals surface area contributed by atoms with Crippen LogP contribution in [0.2, 0.25) is 0 Å². The van der Waals surface area contributed by atoms with Crippen molar-refractivity contribution in [2.24, 2.45) is 11.3 Å². The number of amides is 1. The number of hydrogen-bond donors (Lipinski definition) is 3. The number of aliphatic hydroxyl groups is 1. The van der Waals surface area contributed by atoms with Crippen molar-refractivity contribution in [1.82, 2.24) is 20.1 Å². The Bertz CT molecular complexity index is 3390. The van der Waals surface area contributed by atoms with Gasteiger partial charge in [0.05, 0.1) is 32.9 Å². The number of ether oxygens (including phenoxy) is 4. The number of fused-ring (bicyclic) bond motifs is 8. The average Bonchev–Trinajstić information content (AvgIpc) is 4.14. The van der Waals surface area contributed by atoms with Gasteiger partial charge in [0, 0.05) is 96.5 Å². The van der Waals surface area contributed by atoms with Crippen molar-refractivity contribution in [3.05, 3.63) is 131 Å². The van der Waals surface area contributed by atoms with Crippen LogP contribution >= 0.6 is 0 Å². The number of nitrogens with zero attached hydrogens (tertiary/aromatic N) is 3. The summed E-state index contributed by atoms with van der Waals surface area (Å²) < 4.78 is 24.4. The number of esters is 3. The number of hydrogen-bond acceptors (Lipinski definition) is 12. The van der Waals surface area contributed by atoms with Gasteiger partial charge in [-0.3, -0.25) is 19.3 Å². The van der Waals surface area contributed by atoms with E-state index < -0.39 is 57.4 Å². The number of likely N-dealkylation sites (N-methyl/N-ethyl adjacent to an activating group) is 1. The molecule has 0 radical (unpaired) electrons. The second-order valence-electron chi connectivity index (χ2n) is 22.5. The van der Waals surface area contributed by atoms with Gasteiger partial charge < -0.3 is 44.2 Å². The number of piperidine rings is 1. The van der Waals surface area contributed by atoms with Crippen LogP contribution in [0.15, 0.2) is 103 Å². The number of aromatic nitrogens is 1. The molecule has 2 saturated heterocycles. The first-order valence-corrected chi connectivity index (χ1v) is 26.7. The van der Waals surface area contributed by atoms with Crippen LogP contribution in [0, 0.1) is 11.3 Å². The SMILES string of the molecule is CC[C@]1(NC(=O)c2ccc3cc4ccccc4cc3c2)C[C@H]2CN(CCc3c([nH]c4ccccc34)[C@@](C(=O)OC)(c3cc4c(cc3OC)N(C)[C@H]3[C@@](O)(C(=O)OC)[C@H](OC(C)=O)[C@]5(CC)C=CCN6CC[C@]43[C@@H]65)C2)C1. The van der Waals surface area contributed by atoms with Gasteiger partial charge >= 0.3 is 17.9 Å². The lowest BCUT2D eigenvalue weighted by Crippen LogP contribution is -2.81. The van der Waals surface area contributed by atoms with Crippen molar-refractivity contribution in [1.29, 1.82) is 0 Å². The molecule has 5 aromatic carbocycles. The number of methoxy groups -OCH3 is 3. The second kappa shape index (κ2) is 17.7. The molecule has 2 bridgehead atoms. The Labute approximate surface area is 437 Å². The Hall–Kier alpha value is -6.74. The van der Waals surface area contributed by atoms with Gasteiger partial charge in [0.1, 0.15) is 11.2 Å². The topological polar surface area (TPSA) is 163 Å². The van der Waals surface area contributed by atoms with Gasteiger partial charge in [-0.15, -0.1) is 0 Å². The summed E-state index contributed by atoms with van der Waals surface area (Å²) in [6, 6.07) is 29.4. The molecule has 6 heterocycles. The van der Waals surface area contributed by atoms with E-state index in [0.717, 1.165) is 55.0 Å². The predicted octanol–water partition coefficient (Wildman–Crippen LogP) is 7.74. The van der Waals surface area contributed by atoms with E-state index in [9.17, 15) is 19.5 Å². The Morgan fingerprint density at radius 3 is 2.27 bits per heavy atom. The van der Waals surface area contributed by atoms with Crippen molar-refractivity contribution < 1.29 is 43.2 Å². The highest BCUT2D eigenvalue weighted by Gasteiger charge is 2.80. The van der Waals surface area contributed by atoms with Crippen molar-refractivity contribution in [3.8, 4) is 5.75 Å². The van der Waals surface area contributed by atoms with Crippen molar-refractivity contribution in [3.63, 3.8) is 0 Å². The van der Waals surface area contributed by atoms with Crippen LogP contribution in [-0.2, 0) is 45.8 Å². The third-order valence-corrected chi connectivity index (χ3v) is 19.0. The zero-order chi connectivity index (χ0) is 52.4. The van der Waals surface area contributed by atoms with Gasteiger partial charge in [-0.25, -0.2) is 4.79 Å². The Morgan fingerprint density at radius 2 is 1.55 bits per heavy atom. The van der Waals surface area contributed by atoms with E-state index in [-0.39, 0.29) is 17.9 Å². The zero-order valence-electron chi connectivity index (χ0n) is 44.0. The Morgan fingerprint density at radius 1 is 0.813 bits per heavy atom. The Kier molecular flexibility index (Phi) is 11.6. The first kappa shape index (κ1) is 49.2. The highest BCUT2D eigenvalue weighted by atomic mass is 16.6. The number of aromatic amines is 1. The average molecular weight is 1010 g/mol. The van der Waals surface area contributed by atoms with Crippen LogP contribution in [0.1, 0.15) is 85.6 Å². The van der Waals surface area contributed by atoms with Crippen molar-refractivity contribution in [2.75, 3.05) is 66.0 Å². The highest BCUT2D eigenvalue weighted by molar-refractivity contribution is 6.03. The molecule has 75 heavy (non-hydrogen) atoms. The molecule has 1 unspecified atom stereocenters. The fraction of sp³-hybridized carbons (Fsp3) is 0.443. The number of carbonyl (C=O) groups is 4. The largest absolute Gasteiger partial charge is 0.496 e. The number of para-hydroxylation sites is 1. The predicted molar refractivity (Wildman–Crippen MR) is 287 cm³/mol. The second-order valence-corrected chi connectivity index (χ2v) is 22.5. The quantitative estimate of drug-likeness (QED) is 0.0560. The standard InChI is InChI=1S/C61H67N5O9/c1-8-57(63-51(68)41-20-19-40-27-38-15-10-11-16-39(38)28-42(40)29-41)32-37-33-60(55(69)73-6,50-44(21-25-65(34-37)35-57)43-17-12-13-18-47(43)62-50)46-30-45-48(31-49(46)72-5)64(4)53-59(45)23-26-66-24-14-22-58(9-2,52(59)66)54(75-36(3)67)61(53,71)56(70)74-7/h10-20,22,27-31,37,52-54,62,71H,8-9,21,23-26,32-35H2,1-7H3,(H,63,68)/t37-,52+,53-,54-,57+,58-,59-,60+,61+/m1/s1. The highest BCUT2D eigenvalue weighted by Crippen LogP contribution is 2.68. The first-order chi connectivity index (χ1) is 36.1. The molecule has 3 N–H and O–H groups in total. The van der Waals surface area contributed by atoms with Crippen LogP contribution < -0.4 is 15.0 Å². The minimum atomic E-state index is -2.34. The fourth-order valence-corrected chi connectivity index (χ4v) is 16.1. The van der Waals surface area contributed by atoms with Gasteiger partial charge in [-0.2, -0.15) is 0 Å². The summed E-state index contributed by atoms with van der Waals surface area (Å²) in [6.45, 7) is 8.72.